The Hall–Kier alpha value is -1.35. The van der Waals surface area contributed by atoms with Crippen molar-refractivity contribution in [1.29, 1.82) is 0 Å². The standard InChI is InChI=1S/C32H52NO11S/c1-17(4-9-24(34)33-14-15-45(40,41)42)21-7-8-22-20-6-5-18-16-19(10-12-31(18,2)23(20)11-13-32(21,22)3)43-28-26(36)25(35)27(29(37)38)44-30(28)39/h17-23,25-28,30,35-36H,4-16H2,1-3H3,(H,33,34)(H,37,38)(H,40,41,42)/q-1/t17-,18?,19?,20+,21-,22+,23+,25-,26-,27+,28-,30-,31+,32-/m1/s1. The minimum Gasteiger partial charge on any atom is -0.829 e. The van der Waals surface area contributed by atoms with Crippen molar-refractivity contribution < 1.29 is 52.5 Å². The van der Waals surface area contributed by atoms with Crippen molar-refractivity contribution in [3.05, 3.63) is 0 Å². The fourth-order valence-corrected chi connectivity index (χ4v) is 11.1. The molecular weight excluding hydrogens is 606 g/mol. The van der Waals surface area contributed by atoms with Crippen molar-refractivity contribution in [2.24, 2.45) is 46.3 Å². The summed E-state index contributed by atoms with van der Waals surface area (Å²) in [5.74, 6) is 1.05. The summed E-state index contributed by atoms with van der Waals surface area (Å²) in [5.41, 5.74) is 0.376. The van der Waals surface area contributed by atoms with E-state index in [-0.39, 0.29) is 29.4 Å². The number of rotatable bonds is 10. The van der Waals surface area contributed by atoms with Crippen LogP contribution in [0.4, 0.5) is 0 Å². The molecule has 14 atom stereocenters. The predicted octanol–water partition coefficient (Wildman–Crippen LogP) is 1.71. The fourth-order valence-electron chi connectivity index (χ4n) is 10.7. The molecule has 0 radical (unpaired) electrons. The van der Waals surface area contributed by atoms with E-state index >= 15 is 0 Å². The molecule has 0 bridgehead atoms. The molecule has 1 heterocycles. The Kier molecular flexibility index (Phi) is 10.3. The van der Waals surface area contributed by atoms with Gasteiger partial charge in [0, 0.05) is 19.3 Å². The lowest BCUT2D eigenvalue weighted by Crippen LogP contribution is -2.65. The molecule has 1 aliphatic heterocycles. The van der Waals surface area contributed by atoms with Crippen LogP contribution in [0.5, 0.6) is 0 Å². The van der Waals surface area contributed by atoms with Crippen LogP contribution in [-0.2, 0) is 29.2 Å². The second-order valence-corrected chi connectivity index (χ2v) is 16.9. The van der Waals surface area contributed by atoms with Gasteiger partial charge in [0.15, 0.2) is 6.10 Å². The van der Waals surface area contributed by atoms with Gasteiger partial charge in [-0.25, -0.2) is 4.79 Å². The first-order valence-electron chi connectivity index (χ1n) is 16.8. The first-order chi connectivity index (χ1) is 21.0. The van der Waals surface area contributed by atoms with Gasteiger partial charge in [-0.2, -0.15) is 8.42 Å². The molecule has 0 aromatic heterocycles. The number of carbonyl (C=O) groups excluding carboxylic acids is 1. The van der Waals surface area contributed by atoms with Gasteiger partial charge >= 0.3 is 5.97 Å². The third-order valence-electron chi connectivity index (χ3n) is 13.0. The normalized spacial score (nSPS) is 45.5. The first kappa shape index (κ1) is 35.0. The Morgan fingerprint density at radius 1 is 1.02 bits per heavy atom. The third-order valence-corrected chi connectivity index (χ3v) is 13.7. The second-order valence-electron chi connectivity index (χ2n) is 15.3. The maximum Gasteiger partial charge on any atom is 0.335 e. The van der Waals surface area contributed by atoms with Gasteiger partial charge in [-0.15, -0.1) is 0 Å². The number of nitrogens with one attached hydrogen (secondary N) is 1. The van der Waals surface area contributed by atoms with Gasteiger partial charge in [0.1, 0.15) is 12.2 Å². The number of aliphatic hydroxyl groups excluding tert-OH is 2. The summed E-state index contributed by atoms with van der Waals surface area (Å²) in [7, 11) is -4.10. The number of carboxylic acid groups (broad SMARTS) is 1. The minimum absolute atomic E-state index is 0.0859. The number of amides is 1. The van der Waals surface area contributed by atoms with Crippen molar-refractivity contribution in [3.8, 4) is 0 Å². The quantitative estimate of drug-likeness (QED) is 0.214. The highest BCUT2D eigenvalue weighted by atomic mass is 32.2. The molecule has 45 heavy (non-hydrogen) atoms. The molecule has 5 aliphatic rings. The number of carboxylic acids is 1. The fraction of sp³-hybridized carbons (Fsp3) is 0.938. The van der Waals surface area contributed by atoms with Gasteiger partial charge in [0.05, 0.1) is 18.0 Å². The van der Waals surface area contributed by atoms with E-state index in [9.17, 15) is 38.4 Å². The van der Waals surface area contributed by atoms with E-state index < -0.39 is 52.5 Å². The molecular formula is C32H52NO11S-. The van der Waals surface area contributed by atoms with Crippen LogP contribution in [-0.4, -0.2) is 89.3 Å². The van der Waals surface area contributed by atoms with E-state index in [1.807, 2.05) is 0 Å². The van der Waals surface area contributed by atoms with Crippen LogP contribution in [0.15, 0.2) is 0 Å². The van der Waals surface area contributed by atoms with Crippen molar-refractivity contribution in [2.45, 2.75) is 128 Å². The number of aliphatic hydroxyl groups is 2. The lowest BCUT2D eigenvalue weighted by atomic mass is 9.44. The molecule has 4 saturated carbocycles. The van der Waals surface area contributed by atoms with E-state index in [2.05, 4.69) is 26.1 Å². The van der Waals surface area contributed by atoms with E-state index in [1.165, 1.54) is 6.42 Å². The topological polar surface area (TPSA) is 203 Å². The van der Waals surface area contributed by atoms with Crippen LogP contribution >= 0.6 is 0 Å². The van der Waals surface area contributed by atoms with Crippen molar-refractivity contribution in [2.75, 3.05) is 12.3 Å². The van der Waals surface area contributed by atoms with E-state index in [0.29, 0.717) is 41.9 Å². The lowest BCUT2D eigenvalue weighted by Gasteiger charge is -2.61. The van der Waals surface area contributed by atoms with Gasteiger partial charge in [-0.1, -0.05) is 20.8 Å². The SMILES string of the molecule is C[C@H](CCC(=O)NCCS(=O)(=O)O)[C@H]1CC[C@H]2[C@@H]3CCC4CC(O[C@@H]5[C@H](O)[C@@H](O)[C@@H](C(=O)O)O[C@H]5[O-])CC[C@]4(C)[C@H]3CC[C@]12C. The third kappa shape index (κ3) is 6.96. The molecule has 1 amide bonds. The number of aliphatic carboxylic acids is 1. The molecule has 5 fully saturated rings. The highest BCUT2D eigenvalue weighted by Gasteiger charge is 2.61. The lowest BCUT2D eigenvalue weighted by molar-refractivity contribution is -0.533. The van der Waals surface area contributed by atoms with Crippen LogP contribution in [0.1, 0.15) is 91.4 Å². The molecule has 5 rings (SSSR count). The summed E-state index contributed by atoms with van der Waals surface area (Å²) in [6.07, 6.45) is 1.84. The molecule has 0 spiro atoms. The highest BCUT2D eigenvalue weighted by molar-refractivity contribution is 7.85. The predicted molar refractivity (Wildman–Crippen MR) is 160 cm³/mol. The van der Waals surface area contributed by atoms with Gasteiger partial charge in [-0.3, -0.25) is 9.35 Å². The van der Waals surface area contributed by atoms with Crippen LogP contribution in [0.25, 0.3) is 0 Å². The molecule has 4 aliphatic carbocycles. The largest absolute Gasteiger partial charge is 0.829 e. The second kappa shape index (κ2) is 13.3. The zero-order valence-electron chi connectivity index (χ0n) is 26.7. The van der Waals surface area contributed by atoms with Crippen LogP contribution in [0, 0.1) is 46.3 Å². The van der Waals surface area contributed by atoms with E-state index in [0.717, 1.165) is 57.8 Å². The smallest absolute Gasteiger partial charge is 0.335 e. The van der Waals surface area contributed by atoms with Gasteiger partial charge in [0.2, 0.25) is 5.91 Å². The van der Waals surface area contributed by atoms with Crippen molar-refractivity contribution >= 4 is 22.0 Å². The first-order valence-corrected chi connectivity index (χ1v) is 18.4. The Labute approximate surface area is 266 Å². The van der Waals surface area contributed by atoms with Crippen molar-refractivity contribution in [1.82, 2.24) is 5.32 Å². The average molecular weight is 659 g/mol. The summed E-state index contributed by atoms with van der Waals surface area (Å²) < 4.78 is 41.8. The summed E-state index contributed by atoms with van der Waals surface area (Å²) in [6, 6.07) is 0. The number of fused-ring (bicyclic) bond motifs is 5. The Bertz CT molecular complexity index is 1200. The molecule has 5 N–H and O–H groups in total. The summed E-state index contributed by atoms with van der Waals surface area (Å²) in [4.78, 5) is 23.6. The number of hydrogen-bond acceptors (Lipinski definition) is 9. The Morgan fingerprint density at radius 3 is 2.40 bits per heavy atom. The summed E-state index contributed by atoms with van der Waals surface area (Å²) >= 11 is 0. The number of carbonyl (C=O) groups is 2. The molecule has 0 aromatic carbocycles. The zero-order chi connectivity index (χ0) is 32.9. The summed E-state index contributed by atoms with van der Waals surface area (Å²) in [5, 5.41) is 45.1. The van der Waals surface area contributed by atoms with Gasteiger partial charge in [-0.05, 0) is 111 Å². The highest BCUT2D eigenvalue weighted by Crippen LogP contribution is 2.68. The maximum absolute atomic E-state index is 12.6. The van der Waals surface area contributed by atoms with Crippen LogP contribution in [0.2, 0.25) is 0 Å². The molecule has 12 nitrogen and oxygen atoms in total. The van der Waals surface area contributed by atoms with Gasteiger partial charge < -0.3 is 35.2 Å². The Morgan fingerprint density at radius 2 is 1.71 bits per heavy atom. The van der Waals surface area contributed by atoms with Crippen LogP contribution in [0.3, 0.4) is 0 Å². The van der Waals surface area contributed by atoms with E-state index in [4.69, 9.17) is 14.0 Å². The monoisotopic (exact) mass is 658 g/mol. The summed E-state index contributed by atoms with van der Waals surface area (Å²) in [6.45, 7) is 7.06. The van der Waals surface area contributed by atoms with E-state index in [1.54, 1.807) is 0 Å². The minimum atomic E-state index is -4.10. The Balaban J connectivity index is 1.16. The van der Waals surface area contributed by atoms with Crippen molar-refractivity contribution in [3.63, 3.8) is 0 Å². The molecule has 0 aromatic rings. The molecule has 2 unspecified atom stereocenters. The zero-order valence-corrected chi connectivity index (χ0v) is 27.5. The number of ether oxygens (including phenoxy) is 2. The average Bonchev–Trinajstić information content (AvgIpc) is 3.32. The molecule has 1 saturated heterocycles. The molecule has 13 heteroatoms. The van der Waals surface area contributed by atoms with Gasteiger partial charge in [0.25, 0.3) is 10.1 Å². The molecule has 258 valence electrons. The number of hydrogen-bond donors (Lipinski definition) is 5. The van der Waals surface area contributed by atoms with Crippen LogP contribution < -0.4 is 10.4 Å². The maximum atomic E-state index is 12.6.